The molecule has 0 unspecified atom stereocenters. The van der Waals surface area contributed by atoms with Gasteiger partial charge in [-0.15, -0.1) is 12.4 Å². The van der Waals surface area contributed by atoms with Crippen LogP contribution in [0, 0.1) is 6.92 Å². The first-order chi connectivity index (χ1) is 5.88. The second-order valence-electron chi connectivity index (χ2n) is 2.81. The summed E-state index contributed by atoms with van der Waals surface area (Å²) in [5, 5.41) is 0. The quantitative estimate of drug-likeness (QED) is 0.623. The van der Waals surface area contributed by atoms with Crippen molar-refractivity contribution in [3.63, 3.8) is 0 Å². The molecule has 2 N–H and O–H groups in total. The second-order valence-corrected chi connectivity index (χ2v) is 4.38. The van der Waals surface area contributed by atoms with Crippen LogP contribution in [0.4, 0.5) is 5.69 Å². The Labute approximate surface area is 89.6 Å². The predicted octanol–water partition coefficient (Wildman–Crippen LogP) is 1.34. The smallest absolute Gasteiger partial charge is 0.306 e. The Morgan fingerprint density at radius 1 is 1.36 bits per heavy atom. The Balaban J connectivity index is 0.00000169. The van der Waals surface area contributed by atoms with Crippen LogP contribution in [0.15, 0.2) is 18.2 Å². The SMILES string of the molecule is Cc1ccc(OS(C)(=O)=O)cc1N.Cl. The summed E-state index contributed by atoms with van der Waals surface area (Å²) in [7, 11) is -3.46. The average Bonchev–Trinajstić information content (AvgIpc) is 1.94. The third kappa shape index (κ3) is 3.85. The van der Waals surface area contributed by atoms with Gasteiger partial charge in [0.15, 0.2) is 0 Å². The highest BCUT2D eigenvalue weighted by Gasteiger charge is 2.04. The molecule has 1 aromatic carbocycles. The van der Waals surface area contributed by atoms with Gasteiger partial charge < -0.3 is 9.92 Å². The van der Waals surface area contributed by atoms with E-state index in [1.54, 1.807) is 12.1 Å². The van der Waals surface area contributed by atoms with E-state index in [4.69, 9.17) is 5.73 Å². The Bertz CT molecular complexity index is 417. The average molecular weight is 238 g/mol. The topological polar surface area (TPSA) is 69.4 Å². The van der Waals surface area contributed by atoms with Gasteiger partial charge in [-0.1, -0.05) is 6.07 Å². The van der Waals surface area contributed by atoms with E-state index in [-0.39, 0.29) is 18.2 Å². The molecule has 6 heteroatoms. The number of hydrogen-bond acceptors (Lipinski definition) is 4. The highest BCUT2D eigenvalue weighted by Crippen LogP contribution is 2.19. The number of nitrogens with two attached hydrogens (primary N) is 1. The van der Waals surface area contributed by atoms with Crippen LogP contribution < -0.4 is 9.92 Å². The standard InChI is InChI=1S/C8H11NO3S.ClH/c1-6-3-4-7(5-8(6)9)12-13(2,10)11;/h3-5H,9H2,1-2H3;1H. The molecule has 1 aromatic rings. The van der Waals surface area contributed by atoms with E-state index in [2.05, 4.69) is 4.18 Å². The Morgan fingerprint density at radius 2 is 1.93 bits per heavy atom. The second kappa shape index (κ2) is 4.52. The van der Waals surface area contributed by atoms with Crippen LogP contribution in [0.25, 0.3) is 0 Å². The first-order valence-corrected chi connectivity index (χ1v) is 5.46. The normalized spacial score (nSPS) is 10.4. The van der Waals surface area contributed by atoms with Crippen molar-refractivity contribution in [1.82, 2.24) is 0 Å². The van der Waals surface area contributed by atoms with Crippen LogP contribution in [-0.2, 0) is 10.1 Å². The van der Waals surface area contributed by atoms with Crippen molar-refractivity contribution in [2.24, 2.45) is 0 Å². The van der Waals surface area contributed by atoms with Gasteiger partial charge in [-0.3, -0.25) is 0 Å². The first-order valence-electron chi connectivity index (χ1n) is 3.64. The minimum absolute atomic E-state index is 0. The van der Waals surface area contributed by atoms with E-state index in [1.165, 1.54) is 6.07 Å². The van der Waals surface area contributed by atoms with Crippen molar-refractivity contribution in [3.05, 3.63) is 23.8 Å². The molecule has 0 bridgehead atoms. The minimum atomic E-state index is -3.46. The highest BCUT2D eigenvalue weighted by molar-refractivity contribution is 7.86. The lowest BCUT2D eigenvalue weighted by atomic mass is 10.2. The zero-order valence-corrected chi connectivity index (χ0v) is 9.48. The van der Waals surface area contributed by atoms with Crippen molar-refractivity contribution in [3.8, 4) is 5.75 Å². The van der Waals surface area contributed by atoms with E-state index in [9.17, 15) is 8.42 Å². The zero-order chi connectivity index (χ0) is 10.1. The summed E-state index contributed by atoms with van der Waals surface area (Å²) in [5.41, 5.74) is 6.97. The van der Waals surface area contributed by atoms with Crippen LogP contribution in [-0.4, -0.2) is 14.7 Å². The van der Waals surface area contributed by atoms with E-state index in [1.807, 2.05) is 6.92 Å². The van der Waals surface area contributed by atoms with E-state index in [0.717, 1.165) is 11.8 Å². The molecule has 0 amide bonds. The third-order valence-electron chi connectivity index (χ3n) is 1.50. The van der Waals surface area contributed by atoms with Gasteiger partial charge in [0.05, 0.1) is 6.26 Å². The fraction of sp³-hybridized carbons (Fsp3) is 0.250. The van der Waals surface area contributed by atoms with Gasteiger partial charge in [-0.2, -0.15) is 8.42 Å². The molecule has 1 rings (SSSR count). The number of benzene rings is 1. The Kier molecular flexibility index (Phi) is 4.22. The van der Waals surface area contributed by atoms with Crippen molar-refractivity contribution in [2.45, 2.75) is 6.92 Å². The molecule has 0 radical (unpaired) electrons. The van der Waals surface area contributed by atoms with E-state index in [0.29, 0.717) is 5.69 Å². The summed E-state index contributed by atoms with van der Waals surface area (Å²) in [5.74, 6) is 0.241. The fourth-order valence-electron chi connectivity index (χ4n) is 0.845. The lowest BCUT2D eigenvalue weighted by Crippen LogP contribution is -2.06. The summed E-state index contributed by atoms with van der Waals surface area (Å²) in [6.45, 7) is 1.83. The summed E-state index contributed by atoms with van der Waals surface area (Å²) < 4.78 is 26.1. The van der Waals surface area contributed by atoms with E-state index < -0.39 is 10.1 Å². The molecule has 80 valence electrons. The summed E-state index contributed by atoms with van der Waals surface area (Å²) in [6, 6.07) is 4.75. The molecule has 0 saturated carbocycles. The number of nitrogen functional groups attached to an aromatic ring is 1. The Hall–Kier alpha value is -0.940. The maximum atomic E-state index is 10.7. The van der Waals surface area contributed by atoms with Gasteiger partial charge >= 0.3 is 10.1 Å². The van der Waals surface area contributed by atoms with Crippen LogP contribution in [0.2, 0.25) is 0 Å². The number of rotatable bonds is 2. The monoisotopic (exact) mass is 237 g/mol. The zero-order valence-electron chi connectivity index (χ0n) is 7.85. The lowest BCUT2D eigenvalue weighted by Gasteiger charge is -2.04. The molecule has 0 atom stereocenters. The van der Waals surface area contributed by atoms with Crippen LogP contribution in [0.1, 0.15) is 5.56 Å². The molecule has 0 spiro atoms. The molecule has 0 heterocycles. The molecule has 4 nitrogen and oxygen atoms in total. The highest BCUT2D eigenvalue weighted by atomic mass is 35.5. The van der Waals surface area contributed by atoms with E-state index >= 15 is 0 Å². The number of halogens is 1. The molecule has 0 aliphatic heterocycles. The van der Waals surface area contributed by atoms with Crippen molar-refractivity contribution >= 4 is 28.2 Å². The summed E-state index contributed by atoms with van der Waals surface area (Å²) >= 11 is 0. The molecule has 0 aliphatic carbocycles. The molecule has 0 aromatic heterocycles. The van der Waals surface area contributed by atoms with Gasteiger partial charge in [0.2, 0.25) is 0 Å². The predicted molar refractivity (Wildman–Crippen MR) is 58.3 cm³/mol. The first kappa shape index (κ1) is 13.1. The number of anilines is 1. The summed E-state index contributed by atoms with van der Waals surface area (Å²) in [6.07, 6.45) is 0.989. The molecular weight excluding hydrogens is 226 g/mol. The van der Waals surface area contributed by atoms with Crippen LogP contribution in [0.5, 0.6) is 5.75 Å². The third-order valence-corrected chi connectivity index (χ3v) is 1.99. The van der Waals surface area contributed by atoms with Crippen molar-refractivity contribution in [2.75, 3.05) is 12.0 Å². The fourth-order valence-corrected chi connectivity index (χ4v) is 1.30. The largest absolute Gasteiger partial charge is 0.398 e. The molecule has 0 fully saturated rings. The molecule has 14 heavy (non-hydrogen) atoms. The maximum absolute atomic E-state index is 10.7. The summed E-state index contributed by atoms with van der Waals surface area (Å²) in [4.78, 5) is 0. The van der Waals surface area contributed by atoms with Gasteiger partial charge in [-0.05, 0) is 18.6 Å². The molecule has 0 saturated heterocycles. The number of aryl methyl sites for hydroxylation is 1. The van der Waals surface area contributed by atoms with Gasteiger partial charge in [0, 0.05) is 11.8 Å². The van der Waals surface area contributed by atoms with Crippen LogP contribution in [0.3, 0.4) is 0 Å². The van der Waals surface area contributed by atoms with Gasteiger partial charge in [-0.25, -0.2) is 0 Å². The van der Waals surface area contributed by atoms with Crippen molar-refractivity contribution < 1.29 is 12.6 Å². The molecule has 0 aliphatic rings. The lowest BCUT2D eigenvalue weighted by molar-refractivity contribution is 0.493. The van der Waals surface area contributed by atoms with Gasteiger partial charge in [0.1, 0.15) is 5.75 Å². The number of hydrogen-bond donors (Lipinski definition) is 1. The van der Waals surface area contributed by atoms with Crippen molar-refractivity contribution in [1.29, 1.82) is 0 Å². The maximum Gasteiger partial charge on any atom is 0.306 e. The van der Waals surface area contributed by atoms with Crippen LogP contribution >= 0.6 is 12.4 Å². The minimum Gasteiger partial charge on any atom is -0.398 e. The molecular formula is C8H12ClNO3S. The Morgan fingerprint density at radius 3 is 2.36 bits per heavy atom. The van der Waals surface area contributed by atoms with Gasteiger partial charge in [0.25, 0.3) is 0 Å².